The molecule has 0 aromatic rings. The lowest BCUT2D eigenvalue weighted by molar-refractivity contribution is -0.870. The van der Waals surface area contributed by atoms with Crippen molar-refractivity contribution in [1.29, 1.82) is 0 Å². The van der Waals surface area contributed by atoms with E-state index in [1.54, 1.807) is 0 Å². The predicted octanol–water partition coefficient (Wildman–Crippen LogP) is 16.6. The average Bonchev–Trinajstić information content (AvgIpc) is 3.27. The number of allylic oxidation sites excluding steroid dienone is 8. The van der Waals surface area contributed by atoms with E-state index in [1.807, 2.05) is 21.1 Å². The first-order valence-corrected chi connectivity index (χ1v) is 28.9. The Bertz CT molecular complexity index is 1260. The van der Waals surface area contributed by atoms with Crippen LogP contribution in [0.1, 0.15) is 245 Å². The molecule has 1 N–H and O–H groups in total. The first-order valence-electron chi connectivity index (χ1n) is 27.4. The van der Waals surface area contributed by atoms with Crippen LogP contribution in [0.15, 0.2) is 48.6 Å². The maximum Gasteiger partial charge on any atom is 0.472 e. The summed E-state index contributed by atoms with van der Waals surface area (Å²) in [6.07, 6.45) is 59.0. The van der Waals surface area contributed by atoms with E-state index in [9.17, 15) is 19.0 Å². The minimum absolute atomic E-state index is 0.0276. The fraction of sp³-hybridized carbons (Fsp3) is 0.821. The largest absolute Gasteiger partial charge is 0.472 e. The highest BCUT2D eigenvalue weighted by atomic mass is 31.2. The Morgan fingerprint density at radius 2 is 0.864 bits per heavy atom. The van der Waals surface area contributed by atoms with E-state index in [0.29, 0.717) is 17.4 Å². The van der Waals surface area contributed by atoms with Crippen molar-refractivity contribution < 1.29 is 42.1 Å². The molecular formula is C56H105NO8P+. The Labute approximate surface area is 407 Å². The molecule has 0 radical (unpaired) electrons. The van der Waals surface area contributed by atoms with E-state index in [1.165, 1.54) is 141 Å². The lowest BCUT2D eigenvalue weighted by Crippen LogP contribution is -2.37. The lowest BCUT2D eigenvalue weighted by Gasteiger charge is -2.24. The number of ether oxygens (including phenoxy) is 2. The highest BCUT2D eigenvalue weighted by Gasteiger charge is 2.27. The van der Waals surface area contributed by atoms with Crippen molar-refractivity contribution in [2.24, 2.45) is 0 Å². The zero-order chi connectivity index (χ0) is 48.5. The Morgan fingerprint density at radius 3 is 1.30 bits per heavy atom. The molecule has 10 heteroatoms. The minimum atomic E-state index is -4.39. The van der Waals surface area contributed by atoms with Crippen molar-refractivity contribution in [1.82, 2.24) is 0 Å². The van der Waals surface area contributed by atoms with Crippen LogP contribution in [-0.4, -0.2) is 74.9 Å². The molecule has 0 heterocycles. The number of hydrogen-bond acceptors (Lipinski definition) is 7. The number of phosphoric ester groups is 1. The Morgan fingerprint density at radius 1 is 0.485 bits per heavy atom. The van der Waals surface area contributed by atoms with E-state index < -0.39 is 26.5 Å². The quantitative estimate of drug-likeness (QED) is 0.0211. The van der Waals surface area contributed by atoms with Gasteiger partial charge in [0.05, 0.1) is 27.7 Å². The summed E-state index contributed by atoms with van der Waals surface area (Å²) in [5, 5.41) is 0. The number of carbonyl (C=O) groups excluding carboxylic acids is 2. The number of rotatable bonds is 50. The minimum Gasteiger partial charge on any atom is -0.462 e. The van der Waals surface area contributed by atoms with Gasteiger partial charge in [0.1, 0.15) is 19.8 Å². The Balaban J connectivity index is 4.11. The second-order valence-corrected chi connectivity index (χ2v) is 21.0. The van der Waals surface area contributed by atoms with Crippen LogP contribution in [0.5, 0.6) is 0 Å². The van der Waals surface area contributed by atoms with Crippen LogP contribution in [0.3, 0.4) is 0 Å². The molecule has 2 unspecified atom stereocenters. The molecule has 386 valence electrons. The summed E-state index contributed by atoms with van der Waals surface area (Å²) in [5.41, 5.74) is 0. The second-order valence-electron chi connectivity index (χ2n) is 19.6. The molecule has 0 aromatic carbocycles. The van der Waals surface area contributed by atoms with Crippen molar-refractivity contribution in [3.05, 3.63) is 48.6 Å². The predicted molar refractivity (Wildman–Crippen MR) is 280 cm³/mol. The lowest BCUT2D eigenvalue weighted by atomic mass is 10.0. The Kier molecular flexibility index (Phi) is 46.5. The summed E-state index contributed by atoms with van der Waals surface area (Å²) < 4.78 is 34.5. The fourth-order valence-corrected chi connectivity index (χ4v) is 8.36. The highest BCUT2D eigenvalue weighted by molar-refractivity contribution is 7.47. The monoisotopic (exact) mass is 951 g/mol. The Hall–Kier alpha value is -2.03. The van der Waals surface area contributed by atoms with Crippen LogP contribution >= 0.6 is 7.82 Å². The number of esters is 2. The third-order valence-electron chi connectivity index (χ3n) is 11.8. The number of carbonyl (C=O) groups is 2. The molecule has 0 spiro atoms. The van der Waals surface area contributed by atoms with Gasteiger partial charge >= 0.3 is 19.8 Å². The molecule has 2 atom stereocenters. The van der Waals surface area contributed by atoms with Gasteiger partial charge < -0.3 is 18.9 Å². The third-order valence-corrected chi connectivity index (χ3v) is 12.8. The molecule has 0 aliphatic rings. The van der Waals surface area contributed by atoms with Gasteiger partial charge in [-0.2, -0.15) is 0 Å². The molecule has 66 heavy (non-hydrogen) atoms. The number of likely N-dealkylation sites (N-methyl/N-ethyl adjacent to an activating group) is 1. The molecule has 0 aliphatic carbocycles. The van der Waals surface area contributed by atoms with Crippen molar-refractivity contribution in [2.45, 2.75) is 251 Å². The van der Waals surface area contributed by atoms with Crippen LogP contribution < -0.4 is 0 Å². The van der Waals surface area contributed by atoms with Gasteiger partial charge in [-0.1, -0.05) is 210 Å². The number of hydrogen-bond donors (Lipinski definition) is 1. The summed E-state index contributed by atoms with van der Waals surface area (Å²) in [6, 6.07) is 0. The van der Waals surface area contributed by atoms with Crippen molar-refractivity contribution >= 4 is 19.8 Å². The summed E-state index contributed by atoms with van der Waals surface area (Å²) in [7, 11) is 1.47. The van der Waals surface area contributed by atoms with Gasteiger partial charge in [0.2, 0.25) is 0 Å². The van der Waals surface area contributed by atoms with E-state index in [0.717, 1.165) is 70.6 Å². The van der Waals surface area contributed by atoms with Gasteiger partial charge in [0, 0.05) is 12.8 Å². The van der Waals surface area contributed by atoms with Gasteiger partial charge in [-0.25, -0.2) is 4.57 Å². The molecule has 0 amide bonds. The SMILES string of the molecule is CC/C=C\C/C=C\C/C=C\CCCCCCCC(=O)OC(COC(=O)CCCCCCCCCCCCCCCCC/C=C\CCCCCCCCCC)COP(=O)(O)OCC[N+](C)(C)C. The zero-order valence-electron chi connectivity index (χ0n) is 43.7. The number of quaternary nitrogens is 1. The van der Waals surface area contributed by atoms with Crippen LogP contribution in [0.4, 0.5) is 0 Å². The van der Waals surface area contributed by atoms with Crippen LogP contribution in [0.25, 0.3) is 0 Å². The van der Waals surface area contributed by atoms with Crippen LogP contribution in [-0.2, 0) is 32.7 Å². The summed E-state index contributed by atoms with van der Waals surface area (Å²) in [5.74, 6) is -0.811. The number of nitrogens with zero attached hydrogens (tertiary/aromatic N) is 1. The summed E-state index contributed by atoms with van der Waals surface area (Å²) in [6.45, 7) is 4.32. The molecule has 0 aromatic heterocycles. The van der Waals surface area contributed by atoms with Gasteiger partial charge in [-0.15, -0.1) is 0 Å². The molecule has 9 nitrogen and oxygen atoms in total. The summed E-state index contributed by atoms with van der Waals surface area (Å²) >= 11 is 0. The normalized spacial score (nSPS) is 13.7. The standard InChI is InChI=1S/C56H104NO8P/c1-6-8-10-12-14-16-18-20-22-23-24-25-26-27-28-29-30-31-32-33-35-36-38-40-42-44-46-48-55(58)62-52-54(53-64-66(60,61)63-51-50-57(3,4)5)65-56(59)49-47-45-43-41-39-37-34-21-19-17-15-13-11-9-7-2/h9,11,15,17,21,23-24,34,54H,6-8,10,12-14,16,18-20,22,25-33,35-53H2,1-5H3/p+1/b11-9-,17-15-,24-23-,34-21-. The number of unbranched alkanes of at least 4 members (excludes halogenated alkanes) is 28. The maximum absolute atomic E-state index is 12.7. The first-order chi connectivity index (χ1) is 32.0. The molecule has 0 saturated carbocycles. The van der Waals surface area contributed by atoms with E-state index in [-0.39, 0.29) is 32.0 Å². The van der Waals surface area contributed by atoms with E-state index >= 15 is 0 Å². The van der Waals surface area contributed by atoms with Crippen molar-refractivity contribution in [3.8, 4) is 0 Å². The van der Waals surface area contributed by atoms with Gasteiger partial charge in [0.15, 0.2) is 6.10 Å². The third kappa shape index (κ3) is 51.4. The van der Waals surface area contributed by atoms with E-state index in [4.69, 9.17) is 18.5 Å². The topological polar surface area (TPSA) is 108 Å². The van der Waals surface area contributed by atoms with Gasteiger partial charge in [0.25, 0.3) is 0 Å². The van der Waals surface area contributed by atoms with Crippen LogP contribution in [0, 0.1) is 0 Å². The molecule has 0 bridgehead atoms. The first kappa shape index (κ1) is 64.0. The smallest absolute Gasteiger partial charge is 0.462 e. The molecular weight excluding hydrogens is 846 g/mol. The average molecular weight is 951 g/mol. The van der Waals surface area contributed by atoms with Gasteiger partial charge in [-0.05, 0) is 70.6 Å². The molecule has 0 saturated heterocycles. The van der Waals surface area contributed by atoms with Crippen LogP contribution in [0.2, 0.25) is 0 Å². The maximum atomic E-state index is 12.7. The van der Waals surface area contributed by atoms with Gasteiger partial charge in [-0.3, -0.25) is 18.6 Å². The van der Waals surface area contributed by atoms with Crippen molar-refractivity contribution in [3.63, 3.8) is 0 Å². The van der Waals surface area contributed by atoms with E-state index in [2.05, 4.69) is 62.5 Å². The molecule has 0 aliphatic heterocycles. The second kappa shape index (κ2) is 48.0. The number of phosphoric acid groups is 1. The molecule has 0 fully saturated rings. The molecule has 0 rings (SSSR count). The zero-order valence-corrected chi connectivity index (χ0v) is 44.6. The summed E-state index contributed by atoms with van der Waals surface area (Å²) in [4.78, 5) is 35.6. The fourth-order valence-electron chi connectivity index (χ4n) is 7.61. The van der Waals surface area contributed by atoms with Crippen molar-refractivity contribution in [2.75, 3.05) is 47.5 Å². The highest BCUT2D eigenvalue weighted by Crippen LogP contribution is 2.43.